The zero-order valence-electron chi connectivity index (χ0n) is 12.0. The molecular formula is C15H14ClN3O3. The molecule has 2 N–H and O–H groups in total. The summed E-state index contributed by atoms with van der Waals surface area (Å²) in [5.74, 6) is -0.110. The van der Waals surface area contributed by atoms with Gasteiger partial charge in [0.25, 0.3) is 5.91 Å². The molecular weight excluding hydrogens is 306 g/mol. The standard InChI is InChI=1S/C15H14ClN3O3/c1-9(20)18-13-5-4-11(7-12(13)16)19-15(21)10-3-6-14(22-2)17-8-10/h3-8H,1-2H3,(H,18,20)(H,19,21). The Morgan fingerprint density at radius 1 is 1.18 bits per heavy atom. The topological polar surface area (TPSA) is 80.3 Å². The molecule has 1 aromatic heterocycles. The molecule has 22 heavy (non-hydrogen) atoms. The largest absolute Gasteiger partial charge is 0.481 e. The Labute approximate surface area is 132 Å². The van der Waals surface area contributed by atoms with Gasteiger partial charge in [-0.05, 0) is 24.3 Å². The summed E-state index contributed by atoms with van der Waals surface area (Å²) in [6.07, 6.45) is 1.42. The monoisotopic (exact) mass is 319 g/mol. The molecule has 1 aromatic carbocycles. The number of methoxy groups -OCH3 is 1. The Hall–Kier alpha value is -2.60. The summed E-state index contributed by atoms with van der Waals surface area (Å²) in [5, 5.41) is 5.62. The van der Waals surface area contributed by atoms with E-state index in [0.717, 1.165) is 0 Å². The van der Waals surface area contributed by atoms with Crippen molar-refractivity contribution >= 4 is 34.8 Å². The van der Waals surface area contributed by atoms with E-state index in [1.54, 1.807) is 30.3 Å². The zero-order valence-corrected chi connectivity index (χ0v) is 12.8. The fourth-order valence-corrected chi connectivity index (χ4v) is 1.95. The van der Waals surface area contributed by atoms with Gasteiger partial charge < -0.3 is 15.4 Å². The van der Waals surface area contributed by atoms with Crippen molar-refractivity contribution in [3.8, 4) is 5.88 Å². The number of rotatable bonds is 4. The Morgan fingerprint density at radius 3 is 2.50 bits per heavy atom. The molecule has 0 saturated heterocycles. The highest BCUT2D eigenvalue weighted by molar-refractivity contribution is 6.34. The molecule has 0 unspecified atom stereocenters. The van der Waals surface area contributed by atoms with Gasteiger partial charge in [-0.25, -0.2) is 4.98 Å². The molecule has 0 aliphatic rings. The Kier molecular flexibility index (Phi) is 4.95. The fraction of sp³-hybridized carbons (Fsp3) is 0.133. The highest BCUT2D eigenvalue weighted by Gasteiger charge is 2.09. The molecule has 114 valence electrons. The Bertz CT molecular complexity index is 702. The molecule has 0 fully saturated rings. The van der Waals surface area contributed by atoms with Gasteiger partial charge in [0.1, 0.15) is 0 Å². The summed E-state index contributed by atoms with van der Waals surface area (Å²) in [6, 6.07) is 8.02. The number of amides is 2. The molecule has 0 aliphatic carbocycles. The number of hydrogen-bond acceptors (Lipinski definition) is 4. The number of carbonyl (C=O) groups is 2. The Morgan fingerprint density at radius 2 is 1.95 bits per heavy atom. The summed E-state index contributed by atoms with van der Waals surface area (Å²) in [5.41, 5.74) is 1.39. The average Bonchev–Trinajstić information content (AvgIpc) is 2.49. The number of nitrogens with zero attached hydrogens (tertiary/aromatic N) is 1. The Balaban J connectivity index is 2.10. The van der Waals surface area contributed by atoms with E-state index in [4.69, 9.17) is 16.3 Å². The molecule has 1 heterocycles. The van der Waals surface area contributed by atoms with Crippen molar-refractivity contribution < 1.29 is 14.3 Å². The van der Waals surface area contributed by atoms with Crippen LogP contribution in [-0.4, -0.2) is 23.9 Å². The lowest BCUT2D eigenvalue weighted by Gasteiger charge is -2.09. The summed E-state index contributed by atoms with van der Waals surface area (Å²) < 4.78 is 4.93. The van der Waals surface area contributed by atoms with Gasteiger partial charge in [-0.15, -0.1) is 0 Å². The van der Waals surface area contributed by atoms with Gasteiger partial charge >= 0.3 is 0 Å². The predicted octanol–water partition coefficient (Wildman–Crippen LogP) is 2.95. The lowest BCUT2D eigenvalue weighted by molar-refractivity contribution is -0.114. The lowest BCUT2D eigenvalue weighted by Crippen LogP contribution is -2.12. The maximum absolute atomic E-state index is 12.1. The fourth-order valence-electron chi connectivity index (χ4n) is 1.72. The number of aromatic nitrogens is 1. The van der Waals surface area contributed by atoms with E-state index in [0.29, 0.717) is 27.8 Å². The minimum absolute atomic E-state index is 0.219. The normalized spacial score (nSPS) is 9.95. The summed E-state index contributed by atoms with van der Waals surface area (Å²) in [4.78, 5) is 27.1. The summed E-state index contributed by atoms with van der Waals surface area (Å²) >= 11 is 6.05. The van der Waals surface area contributed by atoms with Crippen LogP contribution in [0.1, 0.15) is 17.3 Å². The first-order valence-corrected chi connectivity index (χ1v) is 6.76. The van der Waals surface area contributed by atoms with Crippen molar-refractivity contribution in [1.82, 2.24) is 4.98 Å². The molecule has 0 aliphatic heterocycles. The first-order chi connectivity index (χ1) is 10.5. The van der Waals surface area contributed by atoms with Crippen LogP contribution in [0, 0.1) is 0 Å². The number of nitrogens with one attached hydrogen (secondary N) is 2. The molecule has 2 aromatic rings. The molecule has 0 bridgehead atoms. The van der Waals surface area contributed by atoms with E-state index in [1.165, 1.54) is 20.2 Å². The number of anilines is 2. The van der Waals surface area contributed by atoms with E-state index < -0.39 is 0 Å². The van der Waals surface area contributed by atoms with Crippen LogP contribution in [0.2, 0.25) is 5.02 Å². The van der Waals surface area contributed by atoms with Crippen molar-refractivity contribution in [2.24, 2.45) is 0 Å². The average molecular weight is 320 g/mol. The second kappa shape index (κ2) is 6.91. The summed E-state index contributed by atoms with van der Waals surface area (Å²) in [7, 11) is 1.50. The quantitative estimate of drug-likeness (QED) is 0.908. The third-order valence-electron chi connectivity index (χ3n) is 2.75. The van der Waals surface area contributed by atoms with Crippen molar-refractivity contribution in [2.45, 2.75) is 6.92 Å². The van der Waals surface area contributed by atoms with Gasteiger partial charge in [0.2, 0.25) is 11.8 Å². The van der Waals surface area contributed by atoms with Crippen molar-refractivity contribution in [3.63, 3.8) is 0 Å². The van der Waals surface area contributed by atoms with Crippen molar-refractivity contribution in [3.05, 3.63) is 47.1 Å². The molecule has 0 spiro atoms. The molecule has 6 nitrogen and oxygen atoms in total. The minimum Gasteiger partial charge on any atom is -0.481 e. The van der Waals surface area contributed by atoms with Crippen LogP contribution in [0.25, 0.3) is 0 Å². The second-order valence-electron chi connectivity index (χ2n) is 4.42. The molecule has 0 saturated carbocycles. The van der Waals surface area contributed by atoms with Crippen LogP contribution in [-0.2, 0) is 4.79 Å². The highest BCUT2D eigenvalue weighted by Crippen LogP contribution is 2.25. The number of pyridine rings is 1. The lowest BCUT2D eigenvalue weighted by atomic mass is 10.2. The maximum Gasteiger partial charge on any atom is 0.257 e. The second-order valence-corrected chi connectivity index (χ2v) is 4.83. The SMILES string of the molecule is COc1ccc(C(=O)Nc2ccc(NC(C)=O)c(Cl)c2)cn1. The van der Waals surface area contributed by atoms with Crippen LogP contribution in [0.15, 0.2) is 36.5 Å². The first-order valence-electron chi connectivity index (χ1n) is 6.38. The van der Waals surface area contributed by atoms with Gasteiger partial charge in [0, 0.05) is 24.9 Å². The van der Waals surface area contributed by atoms with Crippen molar-refractivity contribution in [2.75, 3.05) is 17.7 Å². The minimum atomic E-state index is -0.321. The van der Waals surface area contributed by atoms with Crippen molar-refractivity contribution in [1.29, 1.82) is 0 Å². The number of benzene rings is 1. The smallest absolute Gasteiger partial charge is 0.257 e. The summed E-state index contributed by atoms with van der Waals surface area (Å²) in [6.45, 7) is 1.39. The predicted molar refractivity (Wildman–Crippen MR) is 84.5 cm³/mol. The van der Waals surface area contributed by atoms with E-state index in [9.17, 15) is 9.59 Å². The van der Waals surface area contributed by atoms with Crippen LogP contribution >= 0.6 is 11.6 Å². The molecule has 0 atom stereocenters. The van der Waals surface area contributed by atoms with Crippen LogP contribution in [0.4, 0.5) is 11.4 Å². The number of carbonyl (C=O) groups excluding carboxylic acids is 2. The van der Waals surface area contributed by atoms with Gasteiger partial charge in [-0.3, -0.25) is 9.59 Å². The maximum atomic E-state index is 12.1. The molecule has 2 amide bonds. The zero-order chi connectivity index (χ0) is 16.1. The van der Waals surface area contributed by atoms with E-state index in [2.05, 4.69) is 15.6 Å². The van der Waals surface area contributed by atoms with Gasteiger partial charge in [-0.2, -0.15) is 0 Å². The van der Waals surface area contributed by atoms with Gasteiger partial charge in [0.05, 0.1) is 23.4 Å². The van der Waals surface area contributed by atoms with E-state index in [-0.39, 0.29) is 11.8 Å². The third-order valence-corrected chi connectivity index (χ3v) is 3.06. The van der Waals surface area contributed by atoms with Crippen LogP contribution in [0.3, 0.4) is 0 Å². The third kappa shape index (κ3) is 3.95. The number of halogens is 1. The van der Waals surface area contributed by atoms with E-state index in [1.807, 2.05) is 0 Å². The molecule has 2 rings (SSSR count). The van der Waals surface area contributed by atoms with Gasteiger partial charge in [0.15, 0.2) is 0 Å². The van der Waals surface area contributed by atoms with Gasteiger partial charge in [-0.1, -0.05) is 11.6 Å². The first kappa shape index (κ1) is 15.8. The number of ether oxygens (including phenoxy) is 1. The van der Waals surface area contributed by atoms with E-state index >= 15 is 0 Å². The molecule has 7 heteroatoms. The number of hydrogen-bond donors (Lipinski definition) is 2. The highest BCUT2D eigenvalue weighted by atomic mass is 35.5. The van der Waals surface area contributed by atoms with Crippen LogP contribution in [0.5, 0.6) is 5.88 Å². The van der Waals surface area contributed by atoms with Crippen LogP contribution < -0.4 is 15.4 Å². The molecule has 0 radical (unpaired) electrons.